The molecule has 2 atom stereocenters. The molecule has 1 aliphatic carbocycles. The van der Waals surface area contributed by atoms with Gasteiger partial charge >= 0.3 is 0 Å². The second-order valence-electron chi connectivity index (χ2n) is 12.9. The van der Waals surface area contributed by atoms with Crippen molar-refractivity contribution < 1.29 is 19.1 Å². The van der Waals surface area contributed by atoms with Crippen molar-refractivity contribution in [3.05, 3.63) is 94.0 Å². The SMILES string of the molecule is COc1cc(-c2cccc(-c3cccc(-c4ccc(CNC[C@@H]5CCC(=O)C5)c(OC)c4)c3Cl)c2Cl)ccc1CCC[C@@H]1CCC(=O)N1. The summed E-state index contributed by atoms with van der Waals surface area (Å²) >= 11 is 14.3. The molecule has 4 aromatic rings. The van der Waals surface area contributed by atoms with Gasteiger partial charge in [-0.25, -0.2) is 0 Å². The van der Waals surface area contributed by atoms with Crippen LogP contribution in [0.3, 0.4) is 0 Å². The summed E-state index contributed by atoms with van der Waals surface area (Å²) in [6, 6.07) is 24.7. The zero-order chi connectivity index (χ0) is 33.6. The number of benzene rings is 4. The van der Waals surface area contributed by atoms with Gasteiger partial charge in [-0.05, 0) is 73.4 Å². The summed E-state index contributed by atoms with van der Waals surface area (Å²) in [6.07, 6.45) is 6.70. The van der Waals surface area contributed by atoms with Gasteiger partial charge in [-0.3, -0.25) is 9.59 Å². The van der Waals surface area contributed by atoms with Gasteiger partial charge in [0.15, 0.2) is 0 Å². The van der Waals surface area contributed by atoms with E-state index in [2.05, 4.69) is 34.9 Å². The van der Waals surface area contributed by atoms with E-state index in [-0.39, 0.29) is 11.9 Å². The maximum atomic E-state index is 11.6. The summed E-state index contributed by atoms with van der Waals surface area (Å²) in [6.45, 7) is 1.49. The van der Waals surface area contributed by atoms with Crippen LogP contribution < -0.4 is 20.1 Å². The van der Waals surface area contributed by atoms with Gasteiger partial charge in [0.2, 0.25) is 5.91 Å². The van der Waals surface area contributed by atoms with Crippen molar-refractivity contribution in [1.82, 2.24) is 10.6 Å². The fourth-order valence-electron chi connectivity index (χ4n) is 7.01. The number of ketones is 1. The van der Waals surface area contributed by atoms with Gasteiger partial charge in [0, 0.05) is 59.7 Å². The third-order valence-corrected chi connectivity index (χ3v) is 10.5. The number of Topliss-reactive ketones (excluding diaryl/α,β-unsaturated/α-hetero) is 1. The molecule has 250 valence electrons. The van der Waals surface area contributed by atoms with Crippen LogP contribution in [0.2, 0.25) is 10.0 Å². The highest BCUT2D eigenvalue weighted by molar-refractivity contribution is 6.39. The minimum Gasteiger partial charge on any atom is -0.496 e. The molecule has 2 fully saturated rings. The third-order valence-electron chi connectivity index (χ3n) is 9.66. The highest BCUT2D eigenvalue weighted by Crippen LogP contribution is 2.43. The highest BCUT2D eigenvalue weighted by atomic mass is 35.5. The van der Waals surface area contributed by atoms with Crippen molar-refractivity contribution in [2.24, 2.45) is 5.92 Å². The molecule has 2 N–H and O–H groups in total. The van der Waals surface area contributed by atoms with Crippen LogP contribution in [0, 0.1) is 5.92 Å². The van der Waals surface area contributed by atoms with Crippen LogP contribution in [-0.2, 0) is 22.6 Å². The molecule has 1 saturated heterocycles. The Morgan fingerprint density at radius 1 is 0.771 bits per heavy atom. The van der Waals surface area contributed by atoms with E-state index in [9.17, 15) is 9.59 Å². The van der Waals surface area contributed by atoms with Crippen LogP contribution in [0.4, 0.5) is 0 Å². The van der Waals surface area contributed by atoms with Gasteiger partial charge in [0.1, 0.15) is 17.3 Å². The van der Waals surface area contributed by atoms with Crippen LogP contribution in [-0.4, -0.2) is 38.5 Å². The molecule has 0 aromatic heterocycles. The largest absolute Gasteiger partial charge is 0.496 e. The molecule has 4 aromatic carbocycles. The Balaban J connectivity index is 1.20. The zero-order valence-corrected chi connectivity index (χ0v) is 29.1. The normalized spacial score (nSPS) is 17.5. The molecule has 1 aliphatic heterocycles. The predicted molar refractivity (Wildman–Crippen MR) is 194 cm³/mol. The zero-order valence-electron chi connectivity index (χ0n) is 27.5. The summed E-state index contributed by atoms with van der Waals surface area (Å²) in [5.41, 5.74) is 7.59. The molecular formula is C40H42Cl2N2O4. The first-order chi connectivity index (χ1) is 23.3. The molecule has 6 nitrogen and oxygen atoms in total. The molecule has 1 saturated carbocycles. The van der Waals surface area contributed by atoms with E-state index in [4.69, 9.17) is 32.7 Å². The van der Waals surface area contributed by atoms with E-state index in [1.807, 2.05) is 48.5 Å². The number of rotatable bonds is 13. The van der Waals surface area contributed by atoms with Crippen molar-refractivity contribution in [3.63, 3.8) is 0 Å². The standard InChI is InChI=1S/C40H42Cl2N2O4/c1-47-36-21-27(14-13-26(36)6-3-7-30-17-19-38(46)44-30)32-8-4-10-34(39(32)41)35-11-5-9-33(40(35)42)28-15-16-29(37(22-28)48-2)24-43-23-25-12-18-31(45)20-25/h4-5,8-11,13-16,21-22,25,30,43H,3,6-7,12,17-20,23-24H2,1-2H3,(H,44,46)/t25-,30-/m1/s1. The van der Waals surface area contributed by atoms with Gasteiger partial charge in [-0.2, -0.15) is 0 Å². The third kappa shape index (κ3) is 7.72. The number of ether oxygens (including phenoxy) is 2. The maximum absolute atomic E-state index is 11.6. The fourth-order valence-corrected chi connectivity index (χ4v) is 7.69. The number of aryl methyl sites for hydroxylation is 1. The fraction of sp³-hybridized carbons (Fsp3) is 0.350. The first-order valence-corrected chi connectivity index (χ1v) is 17.5. The summed E-state index contributed by atoms with van der Waals surface area (Å²) in [5, 5.41) is 7.79. The second-order valence-corrected chi connectivity index (χ2v) is 13.6. The molecule has 0 unspecified atom stereocenters. The van der Waals surface area contributed by atoms with Crippen LogP contribution in [0.15, 0.2) is 72.8 Å². The van der Waals surface area contributed by atoms with Crippen LogP contribution in [0.25, 0.3) is 33.4 Å². The first kappa shape index (κ1) is 34.0. The summed E-state index contributed by atoms with van der Waals surface area (Å²) in [4.78, 5) is 23.2. The number of amides is 1. The van der Waals surface area contributed by atoms with Crippen LogP contribution >= 0.6 is 23.2 Å². The first-order valence-electron chi connectivity index (χ1n) is 16.8. The molecule has 48 heavy (non-hydrogen) atoms. The van der Waals surface area contributed by atoms with Crippen molar-refractivity contribution in [2.75, 3.05) is 20.8 Å². The molecule has 1 heterocycles. The highest BCUT2D eigenvalue weighted by Gasteiger charge is 2.22. The lowest BCUT2D eigenvalue weighted by Crippen LogP contribution is -2.25. The summed E-state index contributed by atoms with van der Waals surface area (Å²) in [7, 11) is 3.38. The lowest BCUT2D eigenvalue weighted by atomic mass is 9.94. The minimum atomic E-state index is 0.155. The van der Waals surface area contributed by atoms with Crippen LogP contribution in [0.5, 0.6) is 11.5 Å². The van der Waals surface area contributed by atoms with Gasteiger partial charge in [0.25, 0.3) is 0 Å². The predicted octanol–water partition coefficient (Wildman–Crippen LogP) is 9.07. The Morgan fingerprint density at radius 2 is 1.38 bits per heavy atom. The van der Waals surface area contributed by atoms with Crippen molar-refractivity contribution in [3.8, 4) is 44.9 Å². The monoisotopic (exact) mass is 684 g/mol. The minimum absolute atomic E-state index is 0.155. The van der Waals surface area contributed by atoms with Gasteiger partial charge in [-0.1, -0.05) is 83.9 Å². The van der Waals surface area contributed by atoms with Crippen molar-refractivity contribution in [2.45, 2.75) is 64.0 Å². The van der Waals surface area contributed by atoms with Crippen LogP contribution in [0.1, 0.15) is 56.1 Å². The number of nitrogens with one attached hydrogen (secondary N) is 2. The van der Waals surface area contributed by atoms with E-state index in [1.54, 1.807) is 14.2 Å². The molecule has 0 bridgehead atoms. The lowest BCUT2D eigenvalue weighted by Gasteiger charge is -2.17. The Kier molecular flexibility index (Phi) is 11.1. The van der Waals surface area contributed by atoms with Gasteiger partial charge < -0.3 is 20.1 Å². The van der Waals surface area contributed by atoms with Crippen molar-refractivity contribution in [1.29, 1.82) is 0 Å². The molecule has 1 amide bonds. The van der Waals surface area contributed by atoms with Gasteiger partial charge in [-0.15, -0.1) is 0 Å². The number of carbonyl (C=O) groups is 2. The van der Waals surface area contributed by atoms with E-state index in [1.165, 1.54) is 0 Å². The number of carbonyl (C=O) groups excluding carboxylic acids is 2. The van der Waals surface area contributed by atoms with E-state index >= 15 is 0 Å². The maximum Gasteiger partial charge on any atom is 0.220 e. The molecule has 6 rings (SSSR count). The Hall–Kier alpha value is -3.84. The molecule has 2 aliphatic rings. The van der Waals surface area contributed by atoms with E-state index in [0.717, 1.165) is 94.7 Å². The Morgan fingerprint density at radius 3 is 1.94 bits per heavy atom. The molecular weight excluding hydrogens is 643 g/mol. The molecule has 0 spiro atoms. The van der Waals surface area contributed by atoms with Crippen molar-refractivity contribution >= 4 is 34.9 Å². The topological polar surface area (TPSA) is 76.7 Å². The molecule has 0 radical (unpaired) electrons. The average Bonchev–Trinajstić information content (AvgIpc) is 3.72. The Labute approximate surface area is 293 Å². The quantitative estimate of drug-likeness (QED) is 0.147. The number of hydrogen-bond acceptors (Lipinski definition) is 5. The smallest absolute Gasteiger partial charge is 0.220 e. The number of methoxy groups -OCH3 is 2. The van der Waals surface area contributed by atoms with E-state index in [0.29, 0.717) is 47.6 Å². The van der Waals surface area contributed by atoms with E-state index < -0.39 is 0 Å². The molecule has 8 heteroatoms. The number of hydrogen-bond donors (Lipinski definition) is 2. The second kappa shape index (κ2) is 15.6. The summed E-state index contributed by atoms with van der Waals surface area (Å²) < 4.78 is 11.6. The number of halogens is 2. The Bertz CT molecular complexity index is 1680. The lowest BCUT2D eigenvalue weighted by molar-refractivity contribution is -0.119. The summed E-state index contributed by atoms with van der Waals surface area (Å²) in [5.74, 6) is 2.55. The average molecular weight is 686 g/mol. The van der Waals surface area contributed by atoms with Gasteiger partial charge in [0.05, 0.1) is 24.3 Å².